The number of anilines is 1. The van der Waals surface area contributed by atoms with Gasteiger partial charge in [-0.3, -0.25) is 9.59 Å². The van der Waals surface area contributed by atoms with Crippen LogP contribution in [0, 0.1) is 0 Å². The van der Waals surface area contributed by atoms with Crippen LogP contribution in [0.5, 0.6) is 0 Å². The number of carbonyl (C=O) groups excluding carboxylic acids is 2. The summed E-state index contributed by atoms with van der Waals surface area (Å²) in [5.41, 5.74) is 3.21. The Morgan fingerprint density at radius 3 is 2.76 bits per heavy atom. The van der Waals surface area contributed by atoms with Gasteiger partial charge in [-0.2, -0.15) is 0 Å². The SMILES string of the molecule is CCc1ccccc1NC(=O)CNC(=O)c1cc2c(s1)CCCCC2. The van der Waals surface area contributed by atoms with Crippen molar-refractivity contribution in [3.63, 3.8) is 0 Å². The minimum atomic E-state index is -0.202. The second-order valence-corrected chi connectivity index (χ2v) is 7.50. The van der Waals surface area contributed by atoms with Crippen molar-refractivity contribution < 1.29 is 9.59 Å². The van der Waals surface area contributed by atoms with Crippen molar-refractivity contribution in [1.82, 2.24) is 5.32 Å². The molecule has 0 atom stereocenters. The summed E-state index contributed by atoms with van der Waals surface area (Å²) < 4.78 is 0. The monoisotopic (exact) mass is 356 g/mol. The molecule has 0 saturated carbocycles. The average Bonchev–Trinajstić information content (AvgIpc) is 2.91. The predicted octanol–water partition coefficient (Wildman–Crippen LogP) is 3.95. The Labute approximate surface area is 152 Å². The molecule has 0 fully saturated rings. The highest BCUT2D eigenvalue weighted by Gasteiger charge is 2.17. The van der Waals surface area contributed by atoms with Crippen molar-refractivity contribution in [2.24, 2.45) is 0 Å². The molecule has 0 radical (unpaired) electrons. The van der Waals surface area contributed by atoms with Crippen LogP contribution in [0.15, 0.2) is 30.3 Å². The molecule has 0 spiro atoms. The van der Waals surface area contributed by atoms with Gasteiger partial charge in [-0.25, -0.2) is 0 Å². The van der Waals surface area contributed by atoms with E-state index in [0.29, 0.717) is 4.88 Å². The van der Waals surface area contributed by atoms with Crippen LogP contribution in [0.3, 0.4) is 0 Å². The van der Waals surface area contributed by atoms with Gasteiger partial charge in [-0.1, -0.05) is 31.5 Å². The van der Waals surface area contributed by atoms with Gasteiger partial charge in [0.05, 0.1) is 11.4 Å². The first-order valence-electron chi connectivity index (χ1n) is 8.95. The summed E-state index contributed by atoms with van der Waals surface area (Å²) in [6.45, 7) is 2.03. The molecular formula is C20H24N2O2S. The first kappa shape index (κ1) is 17.7. The van der Waals surface area contributed by atoms with Crippen LogP contribution in [0.25, 0.3) is 0 Å². The maximum Gasteiger partial charge on any atom is 0.261 e. The number of rotatable bonds is 5. The molecule has 5 heteroatoms. The molecule has 3 rings (SSSR count). The molecule has 1 aromatic carbocycles. The third kappa shape index (κ3) is 4.48. The molecule has 1 aromatic heterocycles. The Balaban J connectivity index is 1.56. The summed E-state index contributed by atoms with van der Waals surface area (Å²) in [6, 6.07) is 9.73. The van der Waals surface area contributed by atoms with E-state index >= 15 is 0 Å². The summed E-state index contributed by atoms with van der Waals surface area (Å²) in [5, 5.41) is 5.62. The third-order valence-electron chi connectivity index (χ3n) is 4.55. The van der Waals surface area contributed by atoms with E-state index in [1.54, 1.807) is 11.3 Å². The van der Waals surface area contributed by atoms with Crippen LogP contribution in [0.1, 0.15) is 51.9 Å². The van der Waals surface area contributed by atoms with Gasteiger partial charge < -0.3 is 10.6 Å². The lowest BCUT2D eigenvalue weighted by Crippen LogP contribution is -2.32. The highest BCUT2D eigenvalue weighted by atomic mass is 32.1. The van der Waals surface area contributed by atoms with Gasteiger partial charge in [0.25, 0.3) is 5.91 Å². The molecule has 0 aliphatic heterocycles. The predicted molar refractivity (Wildman–Crippen MR) is 102 cm³/mol. The molecule has 1 heterocycles. The van der Waals surface area contributed by atoms with E-state index in [9.17, 15) is 9.59 Å². The Kier molecular flexibility index (Phi) is 5.87. The summed E-state index contributed by atoms with van der Waals surface area (Å²) in [4.78, 5) is 26.5. The zero-order chi connectivity index (χ0) is 17.6. The average molecular weight is 356 g/mol. The first-order chi connectivity index (χ1) is 12.2. The van der Waals surface area contributed by atoms with E-state index in [-0.39, 0.29) is 18.4 Å². The number of benzene rings is 1. The lowest BCUT2D eigenvalue weighted by Gasteiger charge is -2.10. The zero-order valence-electron chi connectivity index (χ0n) is 14.6. The number of para-hydroxylation sites is 1. The van der Waals surface area contributed by atoms with Crippen LogP contribution in [-0.4, -0.2) is 18.4 Å². The molecule has 1 aliphatic carbocycles. The second-order valence-electron chi connectivity index (χ2n) is 6.36. The topological polar surface area (TPSA) is 58.2 Å². The Morgan fingerprint density at radius 2 is 1.92 bits per heavy atom. The summed E-state index contributed by atoms with van der Waals surface area (Å²) in [5.74, 6) is -0.357. The first-order valence-corrected chi connectivity index (χ1v) is 9.76. The van der Waals surface area contributed by atoms with Crippen LogP contribution >= 0.6 is 11.3 Å². The van der Waals surface area contributed by atoms with E-state index in [4.69, 9.17) is 0 Å². The normalized spacial score (nSPS) is 13.6. The Hall–Kier alpha value is -2.14. The largest absolute Gasteiger partial charge is 0.342 e. The third-order valence-corrected chi connectivity index (χ3v) is 5.79. The zero-order valence-corrected chi connectivity index (χ0v) is 15.4. The minimum absolute atomic E-state index is 0.0144. The molecular weight excluding hydrogens is 332 g/mol. The highest BCUT2D eigenvalue weighted by molar-refractivity contribution is 7.14. The fraction of sp³-hybridized carbons (Fsp3) is 0.400. The second kappa shape index (κ2) is 8.30. The molecule has 0 unspecified atom stereocenters. The van der Waals surface area contributed by atoms with Crippen molar-refractivity contribution in [2.75, 3.05) is 11.9 Å². The number of hydrogen-bond donors (Lipinski definition) is 2. The summed E-state index contributed by atoms with van der Waals surface area (Å²) >= 11 is 1.57. The molecule has 4 nitrogen and oxygen atoms in total. The fourth-order valence-electron chi connectivity index (χ4n) is 3.17. The minimum Gasteiger partial charge on any atom is -0.342 e. The van der Waals surface area contributed by atoms with Crippen molar-refractivity contribution in [1.29, 1.82) is 0 Å². The van der Waals surface area contributed by atoms with Gasteiger partial charge in [0.1, 0.15) is 0 Å². The van der Waals surface area contributed by atoms with Crippen molar-refractivity contribution in [3.8, 4) is 0 Å². The van der Waals surface area contributed by atoms with Gasteiger partial charge in [-0.15, -0.1) is 11.3 Å². The number of fused-ring (bicyclic) bond motifs is 1. The van der Waals surface area contributed by atoms with Crippen LogP contribution < -0.4 is 10.6 Å². The van der Waals surface area contributed by atoms with E-state index in [0.717, 1.165) is 30.5 Å². The highest BCUT2D eigenvalue weighted by Crippen LogP contribution is 2.28. The van der Waals surface area contributed by atoms with Crippen LogP contribution in [0.4, 0.5) is 5.69 Å². The summed E-state index contributed by atoms with van der Waals surface area (Å²) in [6.07, 6.45) is 6.65. The van der Waals surface area contributed by atoms with Gasteiger partial charge in [0.2, 0.25) is 5.91 Å². The number of hydrogen-bond acceptors (Lipinski definition) is 3. The lowest BCUT2D eigenvalue weighted by atomic mass is 10.1. The smallest absolute Gasteiger partial charge is 0.261 e. The molecule has 0 bridgehead atoms. The molecule has 1 aliphatic rings. The standard InChI is InChI=1S/C20H24N2O2S/c1-2-14-8-6-7-10-16(14)22-19(23)13-21-20(24)18-12-15-9-4-3-5-11-17(15)25-18/h6-8,10,12H,2-5,9,11,13H2,1H3,(H,21,24)(H,22,23). The van der Waals surface area contributed by atoms with Crippen LogP contribution in [0.2, 0.25) is 0 Å². The molecule has 132 valence electrons. The van der Waals surface area contributed by atoms with Crippen molar-refractivity contribution >= 4 is 28.8 Å². The molecule has 25 heavy (non-hydrogen) atoms. The van der Waals surface area contributed by atoms with Crippen LogP contribution in [-0.2, 0) is 24.1 Å². The van der Waals surface area contributed by atoms with E-state index in [1.165, 1.54) is 29.7 Å². The molecule has 2 amide bonds. The van der Waals surface area contributed by atoms with Gasteiger partial charge >= 0.3 is 0 Å². The van der Waals surface area contributed by atoms with E-state index in [1.807, 2.05) is 37.3 Å². The maximum atomic E-state index is 12.3. The Bertz CT molecular complexity index is 743. The number of thiophene rings is 1. The molecule has 2 N–H and O–H groups in total. The van der Waals surface area contributed by atoms with Crippen molar-refractivity contribution in [2.45, 2.75) is 45.4 Å². The quantitative estimate of drug-likeness (QED) is 0.797. The van der Waals surface area contributed by atoms with Gasteiger partial charge in [-0.05, 0) is 55.4 Å². The van der Waals surface area contributed by atoms with E-state index < -0.39 is 0 Å². The maximum absolute atomic E-state index is 12.3. The number of aryl methyl sites for hydroxylation is 3. The number of carbonyl (C=O) groups is 2. The Morgan fingerprint density at radius 1 is 1.12 bits per heavy atom. The number of nitrogens with one attached hydrogen (secondary N) is 2. The van der Waals surface area contributed by atoms with Crippen molar-refractivity contribution in [3.05, 3.63) is 51.2 Å². The lowest BCUT2D eigenvalue weighted by molar-refractivity contribution is -0.115. The summed E-state index contributed by atoms with van der Waals surface area (Å²) in [7, 11) is 0. The van der Waals surface area contributed by atoms with Gasteiger partial charge in [0.15, 0.2) is 0 Å². The molecule has 0 saturated heterocycles. The molecule has 2 aromatic rings. The van der Waals surface area contributed by atoms with E-state index in [2.05, 4.69) is 10.6 Å². The fourth-order valence-corrected chi connectivity index (χ4v) is 4.34. The number of amides is 2. The van der Waals surface area contributed by atoms with Gasteiger partial charge in [0, 0.05) is 10.6 Å².